The second-order valence-corrected chi connectivity index (χ2v) is 18.4. The third kappa shape index (κ3) is 8.29. The summed E-state index contributed by atoms with van der Waals surface area (Å²) in [6.45, 7) is 1.46. The highest BCUT2D eigenvalue weighted by molar-refractivity contribution is 5.84. The first-order chi connectivity index (χ1) is 30.9. The van der Waals surface area contributed by atoms with E-state index in [1.54, 1.807) is 0 Å². The van der Waals surface area contributed by atoms with Crippen LogP contribution in [0.3, 0.4) is 0 Å². The molecule has 4 aliphatic rings. The molecule has 4 heterocycles. The van der Waals surface area contributed by atoms with E-state index >= 15 is 0 Å². The predicted molar refractivity (Wildman–Crippen MR) is 242 cm³/mol. The van der Waals surface area contributed by atoms with Crippen LogP contribution in [0.1, 0.15) is 104 Å². The average Bonchev–Trinajstić information content (AvgIpc) is 4.13. The number of nitrogens with zero attached hydrogens (tertiary/aromatic N) is 5. The minimum absolute atomic E-state index is 0.0404. The van der Waals surface area contributed by atoms with Gasteiger partial charge in [0.05, 0.1) is 54.6 Å². The molecule has 6 aromatic rings. The number of aliphatic hydroxyl groups is 1. The number of amides is 2. The van der Waals surface area contributed by atoms with Crippen molar-refractivity contribution in [2.24, 2.45) is 23.7 Å². The fourth-order valence-electron chi connectivity index (χ4n) is 11.3. The number of fused-ring (bicyclic) bond motifs is 6. The first kappa shape index (κ1) is 40.9. The number of Topliss-reactive ketones (excluding diaryl/α,β-unsaturated/α-hetero) is 1. The van der Waals surface area contributed by atoms with Crippen LogP contribution in [0.2, 0.25) is 0 Å². The summed E-state index contributed by atoms with van der Waals surface area (Å²) in [7, 11) is 0. The lowest BCUT2D eigenvalue weighted by Gasteiger charge is -2.34. The van der Waals surface area contributed by atoms with E-state index < -0.39 is 6.10 Å². The Balaban J connectivity index is 0.815. The summed E-state index contributed by atoms with van der Waals surface area (Å²) in [6.07, 6.45) is 13.8. The van der Waals surface area contributed by atoms with Gasteiger partial charge in [0.2, 0.25) is 11.8 Å². The van der Waals surface area contributed by atoms with Gasteiger partial charge in [-0.05, 0) is 91.5 Å². The van der Waals surface area contributed by atoms with Crippen molar-refractivity contribution < 1.29 is 19.5 Å². The van der Waals surface area contributed by atoms with Crippen molar-refractivity contribution in [1.29, 1.82) is 0 Å². The van der Waals surface area contributed by atoms with E-state index in [1.165, 1.54) is 5.56 Å². The molecule has 2 N–H and O–H groups in total. The van der Waals surface area contributed by atoms with Crippen LogP contribution < -0.4 is 5.32 Å². The van der Waals surface area contributed by atoms with Gasteiger partial charge in [-0.3, -0.25) is 14.4 Å². The maximum atomic E-state index is 14.8. The van der Waals surface area contributed by atoms with Crippen molar-refractivity contribution in [3.63, 3.8) is 0 Å². The van der Waals surface area contributed by atoms with Crippen molar-refractivity contribution in [2.45, 2.75) is 102 Å². The topological polar surface area (TPSA) is 122 Å². The second kappa shape index (κ2) is 17.9. The van der Waals surface area contributed by atoms with Gasteiger partial charge in [0.1, 0.15) is 5.78 Å². The van der Waals surface area contributed by atoms with Crippen LogP contribution >= 0.6 is 0 Å². The zero-order valence-corrected chi connectivity index (χ0v) is 35.8. The van der Waals surface area contributed by atoms with Crippen LogP contribution in [0.4, 0.5) is 0 Å². The number of ketones is 1. The average molecular weight is 841 g/mol. The zero-order valence-electron chi connectivity index (χ0n) is 35.8. The molecule has 0 bridgehead atoms. The zero-order chi connectivity index (χ0) is 42.9. The summed E-state index contributed by atoms with van der Waals surface area (Å²) < 4.78 is 4.33. The van der Waals surface area contributed by atoms with E-state index in [0.29, 0.717) is 58.2 Å². The van der Waals surface area contributed by atoms with Gasteiger partial charge in [-0.25, -0.2) is 9.97 Å². The van der Waals surface area contributed by atoms with Gasteiger partial charge in [-0.2, -0.15) is 0 Å². The molecule has 322 valence electrons. The SMILES string of the molecule is O=C(CC1c2ccccc2-c2cncn21)C1CCC(C(=O)N(Cc2ccccc2)Cc2cccc3c2C(CC(O)C2CCC(C(=O)NCc4ccccc4)CC2)n2cncc2-3)CC1. The number of nitrogens with one attached hydrogen (secondary N) is 1. The first-order valence-corrected chi connectivity index (χ1v) is 23.0. The fraction of sp³-hybridized carbons (Fsp3) is 0.377. The van der Waals surface area contributed by atoms with Gasteiger partial charge in [0, 0.05) is 54.9 Å². The van der Waals surface area contributed by atoms with Crippen molar-refractivity contribution in [2.75, 3.05) is 0 Å². The molecular formula is C53H56N6O4. The molecule has 2 aromatic heterocycles. The Kier molecular flexibility index (Phi) is 11.6. The summed E-state index contributed by atoms with van der Waals surface area (Å²) in [6, 6.07) is 34.7. The highest BCUT2D eigenvalue weighted by Gasteiger charge is 2.39. The van der Waals surface area contributed by atoms with Gasteiger partial charge in [0.15, 0.2) is 0 Å². The number of aromatic nitrogens is 4. The van der Waals surface area contributed by atoms with Gasteiger partial charge >= 0.3 is 0 Å². The smallest absolute Gasteiger partial charge is 0.226 e. The lowest BCUT2D eigenvalue weighted by atomic mass is 9.77. The van der Waals surface area contributed by atoms with E-state index in [1.807, 2.05) is 90.6 Å². The molecular weight excluding hydrogens is 785 g/mol. The monoisotopic (exact) mass is 840 g/mol. The predicted octanol–water partition coefficient (Wildman–Crippen LogP) is 9.09. The summed E-state index contributed by atoms with van der Waals surface area (Å²) in [5, 5.41) is 15.0. The molecule has 0 spiro atoms. The fourth-order valence-corrected chi connectivity index (χ4v) is 11.3. The molecule has 2 saturated carbocycles. The number of hydrogen-bond acceptors (Lipinski definition) is 6. The summed E-state index contributed by atoms with van der Waals surface area (Å²) in [4.78, 5) is 52.7. The Morgan fingerprint density at radius 3 is 1.98 bits per heavy atom. The molecule has 63 heavy (non-hydrogen) atoms. The molecule has 2 amide bonds. The Morgan fingerprint density at radius 2 is 1.25 bits per heavy atom. The molecule has 2 aliphatic carbocycles. The minimum atomic E-state index is -0.553. The van der Waals surface area contributed by atoms with Crippen molar-refractivity contribution >= 4 is 17.6 Å². The van der Waals surface area contributed by atoms with E-state index in [2.05, 4.69) is 66.9 Å². The molecule has 10 nitrogen and oxygen atoms in total. The number of rotatable bonds is 14. The first-order valence-electron chi connectivity index (χ1n) is 23.0. The third-order valence-corrected chi connectivity index (χ3v) is 14.7. The quantitative estimate of drug-likeness (QED) is 0.113. The summed E-state index contributed by atoms with van der Waals surface area (Å²) in [5.74, 6) is 0.343. The molecule has 10 rings (SSSR count). The Hall–Kier alpha value is -6.13. The van der Waals surface area contributed by atoms with E-state index in [4.69, 9.17) is 0 Å². The highest BCUT2D eigenvalue weighted by atomic mass is 16.3. The maximum Gasteiger partial charge on any atom is 0.226 e. The molecule has 3 atom stereocenters. The number of hydrogen-bond donors (Lipinski definition) is 2. The number of imidazole rings is 2. The molecule has 3 unspecified atom stereocenters. The number of aliphatic hydroxyl groups excluding tert-OH is 1. The van der Waals surface area contributed by atoms with Crippen LogP contribution in [0.5, 0.6) is 0 Å². The van der Waals surface area contributed by atoms with E-state index in [0.717, 1.165) is 70.5 Å². The lowest BCUT2D eigenvalue weighted by molar-refractivity contribution is -0.139. The molecule has 2 fully saturated rings. The molecule has 0 radical (unpaired) electrons. The van der Waals surface area contributed by atoms with Crippen molar-refractivity contribution in [3.05, 3.63) is 156 Å². The van der Waals surface area contributed by atoms with Gasteiger partial charge in [-0.15, -0.1) is 0 Å². The van der Waals surface area contributed by atoms with Crippen LogP contribution in [-0.2, 0) is 34.0 Å². The molecule has 4 aromatic carbocycles. The van der Waals surface area contributed by atoms with Gasteiger partial charge in [0.25, 0.3) is 0 Å². The number of carbonyl (C=O) groups is 3. The summed E-state index contributed by atoms with van der Waals surface area (Å²) in [5.41, 5.74) is 9.91. The maximum absolute atomic E-state index is 14.8. The van der Waals surface area contributed by atoms with E-state index in [-0.39, 0.29) is 53.4 Å². The van der Waals surface area contributed by atoms with Crippen LogP contribution in [0.25, 0.3) is 22.5 Å². The number of carbonyl (C=O) groups excluding carboxylic acids is 3. The molecule has 2 aliphatic heterocycles. The van der Waals surface area contributed by atoms with Crippen molar-refractivity contribution in [1.82, 2.24) is 29.3 Å². The molecule has 10 heteroatoms. The number of benzene rings is 4. The summed E-state index contributed by atoms with van der Waals surface area (Å²) >= 11 is 0. The normalized spacial score (nSPS) is 22.6. The Labute approximate surface area is 369 Å². The largest absolute Gasteiger partial charge is 0.393 e. The Bertz CT molecular complexity index is 2570. The highest BCUT2D eigenvalue weighted by Crippen LogP contribution is 2.46. The van der Waals surface area contributed by atoms with Crippen molar-refractivity contribution in [3.8, 4) is 22.5 Å². The minimum Gasteiger partial charge on any atom is -0.393 e. The third-order valence-electron chi connectivity index (χ3n) is 14.7. The van der Waals surface area contributed by atoms with Crippen LogP contribution in [-0.4, -0.2) is 52.8 Å². The Morgan fingerprint density at radius 1 is 0.651 bits per heavy atom. The van der Waals surface area contributed by atoms with Gasteiger partial charge < -0.3 is 24.5 Å². The second-order valence-electron chi connectivity index (χ2n) is 18.4. The van der Waals surface area contributed by atoms with Crippen LogP contribution in [0.15, 0.2) is 128 Å². The van der Waals surface area contributed by atoms with Gasteiger partial charge in [-0.1, -0.05) is 103 Å². The standard InChI is InChI=1S/C53H56N6O4/c60-49(26-45-42-15-7-8-16-43(42)47-29-54-33-58(45)47)38-20-24-40(25-21-38)53(63)57(31-36-12-5-2-6-13-36)32-41-14-9-17-44-48-30-55-34-59(48)46(51(41)44)27-50(61)37-18-22-39(23-19-37)52(62)56-28-35-10-3-1-4-11-35/h1-17,29-30,33-34,37-40,45-46,50,61H,18-28,31-32H2,(H,56,62). The van der Waals surface area contributed by atoms with Crippen LogP contribution in [0, 0.1) is 23.7 Å². The molecule has 0 saturated heterocycles. The lowest BCUT2D eigenvalue weighted by Crippen LogP contribution is -2.38. The van der Waals surface area contributed by atoms with E-state index in [9.17, 15) is 19.5 Å².